The van der Waals surface area contributed by atoms with Crippen molar-refractivity contribution in [2.45, 2.75) is 99.3 Å². The minimum Gasteiger partial charge on any atom is -0.507 e. The molecule has 0 aliphatic carbocycles. The number of fused-ring (bicyclic) bond motifs is 1. The third-order valence-corrected chi connectivity index (χ3v) is 13.1. The van der Waals surface area contributed by atoms with Gasteiger partial charge in [-0.15, -0.1) is 0 Å². The van der Waals surface area contributed by atoms with Crippen LogP contribution < -0.4 is 0 Å². The van der Waals surface area contributed by atoms with E-state index in [1.807, 2.05) is 86.8 Å². The first-order valence-electron chi connectivity index (χ1n) is 24.9. The average molecular weight is 881 g/mol. The van der Waals surface area contributed by atoms with Crippen molar-refractivity contribution in [1.82, 2.24) is 14.5 Å². The molecular weight excluding hydrogens is 815 g/mol. The molecule has 0 radical (unpaired) electrons. The van der Waals surface area contributed by atoms with Gasteiger partial charge in [0.25, 0.3) is 0 Å². The highest BCUT2D eigenvalue weighted by Crippen LogP contribution is 2.44. The summed E-state index contributed by atoms with van der Waals surface area (Å²) in [5.41, 5.74) is 17.1. The predicted octanol–water partition coefficient (Wildman–Crippen LogP) is 16.9. The fourth-order valence-corrected chi connectivity index (χ4v) is 9.19. The molecule has 1 N–H and O–H groups in total. The minimum atomic E-state index is -2.47. The highest BCUT2D eigenvalue weighted by Gasteiger charge is 2.26. The second-order valence-electron chi connectivity index (χ2n) is 21.3. The van der Waals surface area contributed by atoms with E-state index in [0.717, 1.165) is 72.4 Å². The molecule has 0 bridgehead atoms. The van der Waals surface area contributed by atoms with Gasteiger partial charge in [-0.3, -0.25) is 9.55 Å². The van der Waals surface area contributed by atoms with Crippen LogP contribution in [0.5, 0.6) is 5.75 Å². The van der Waals surface area contributed by atoms with E-state index in [9.17, 15) is 5.11 Å². The van der Waals surface area contributed by atoms with Gasteiger partial charge in [0.15, 0.2) is 0 Å². The van der Waals surface area contributed by atoms with E-state index >= 15 is 0 Å². The summed E-state index contributed by atoms with van der Waals surface area (Å²) in [7, 11) is 0. The molecule has 0 fully saturated rings. The van der Waals surface area contributed by atoms with Crippen molar-refractivity contribution < 1.29 is 9.22 Å². The number of nitrogens with zero attached hydrogens (tertiary/aromatic N) is 3. The van der Waals surface area contributed by atoms with Gasteiger partial charge in [0.2, 0.25) is 0 Å². The molecule has 67 heavy (non-hydrogen) atoms. The molecule has 0 aliphatic heterocycles. The van der Waals surface area contributed by atoms with Crippen molar-refractivity contribution in [3.05, 3.63) is 191 Å². The van der Waals surface area contributed by atoms with Gasteiger partial charge in [0.05, 0.1) is 28.0 Å². The van der Waals surface area contributed by atoms with Gasteiger partial charge < -0.3 is 5.11 Å². The van der Waals surface area contributed by atoms with E-state index in [1.54, 1.807) is 0 Å². The smallest absolute Gasteiger partial charge is 0.149 e. The van der Waals surface area contributed by atoms with Gasteiger partial charge >= 0.3 is 0 Å². The van der Waals surface area contributed by atoms with Crippen LogP contribution in [0, 0.1) is 20.7 Å². The maximum Gasteiger partial charge on any atom is 0.149 e. The van der Waals surface area contributed by atoms with Crippen LogP contribution in [0.4, 0.5) is 0 Å². The summed E-state index contributed by atoms with van der Waals surface area (Å²) >= 11 is 0. The number of para-hydroxylation sites is 1. The Kier molecular flexibility index (Phi) is 10.5. The van der Waals surface area contributed by atoms with E-state index in [4.69, 9.17) is 14.1 Å². The van der Waals surface area contributed by atoms with Gasteiger partial charge in [-0.1, -0.05) is 165 Å². The summed E-state index contributed by atoms with van der Waals surface area (Å²) in [5.74, 6) is 0.620. The van der Waals surface area contributed by atoms with Gasteiger partial charge in [-0.25, -0.2) is 4.98 Å². The Balaban J connectivity index is 1.33. The number of hydrogen-bond acceptors (Lipinski definition) is 3. The molecule has 9 rings (SSSR count). The Bertz CT molecular complexity index is 3420. The van der Waals surface area contributed by atoms with Crippen molar-refractivity contribution in [2.24, 2.45) is 0 Å². The van der Waals surface area contributed by atoms with Crippen LogP contribution in [-0.4, -0.2) is 19.6 Å². The lowest BCUT2D eigenvalue weighted by Gasteiger charge is -2.22. The summed E-state index contributed by atoms with van der Waals surface area (Å²) in [6, 6.07) is 52.1. The number of benzene rings is 7. The molecule has 336 valence electrons. The molecule has 0 unspecified atom stereocenters. The Morgan fingerprint density at radius 3 is 1.75 bits per heavy atom. The summed E-state index contributed by atoms with van der Waals surface area (Å²) in [6.45, 7) is 21.4. The van der Waals surface area contributed by atoms with Gasteiger partial charge in [-0.05, 0) is 152 Å². The van der Waals surface area contributed by atoms with E-state index in [1.165, 1.54) is 11.1 Å². The predicted molar refractivity (Wildman–Crippen MR) is 283 cm³/mol. The lowest BCUT2D eigenvalue weighted by Crippen LogP contribution is -2.11. The molecule has 0 atom stereocenters. The van der Waals surface area contributed by atoms with E-state index < -0.39 is 6.85 Å². The van der Waals surface area contributed by atoms with Crippen LogP contribution >= 0.6 is 0 Å². The number of phenols is 1. The molecule has 0 saturated heterocycles. The molecule has 9 aromatic rings. The normalized spacial score (nSPS) is 13.1. The van der Waals surface area contributed by atoms with Crippen molar-refractivity contribution in [3.8, 4) is 78.6 Å². The number of aromatic hydroxyl groups is 1. The highest BCUT2D eigenvalue weighted by atomic mass is 16.3. The topological polar surface area (TPSA) is 50.9 Å². The number of aromatic nitrogens is 3. The third kappa shape index (κ3) is 8.86. The molecule has 0 amide bonds. The second kappa shape index (κ2) is 17.0. The van der Waals surface area contributed by atoms with Gasteiger partial charge in [0, 0.05) is 27.0 Å². The van der Waals surface area contributed by atoms with Crippen LogP contribution in [0.15, 0.2) is 158 Å². The molecule has 0 aliphatic rings. The van der Waals surface area contributed by atoms with E-state index in [-0.39, 0.29) is 27.6 Å². The maximum atomic E-state index is 12.0. The molecule has 0 spiro atoms. The first-order valence-corrected chi connectivity index (χ1v) is 23.4. The zero-order valence-corrected chi connectivity index (χ0v) is 40.8. The summed E-state index contributed by atoms with van der Waals surface area (Å²) in [6.07, 6.45) is 1.89. The summed E-state index contributed by atoms with van der Waals surface area (Å²) < 4.78 is 29.0. The minimum absolute atomic E-state index is 0.0545. The Morgan fingerprint density at radius 2 is 1.10 bits per heavy atom. The molecule has 2 aromatic heterocycles. The Hall–Kier alpha value is -7.04. The fourth-order valence-electron chi connectivity index (χ4n) is 9.19. The Morgan fingerprint density at radius 1 is 0.478 bits per heavy atom. The van der Waals surface area contributed by atoms with Crippen LogP contribution in [0.25, 0.3) is 83.9 Å². The summed E-state index contributed by atoms with van der Waals surface area (Å²) in [5, 5.41) is 12.0. The zero-order valence-electron chi connectivity index (χ0n) is 43.8. The van der Waals surface area contributed by atoms with Gasteiger partial charge in [-0.2, -0.15) is 0 Å². The molecule has 7 aromatic carbocycles. The van der Waals surface area contributed by atoms with Crippen LogP contribution in [0.2, 0.25) is 0 Å². The fraction of sp³-hybridized carbons (Fsp3) is 0.238. The molecule has 0 saturated carbocycles. The first kappa shape index (κ1) is 41.4. The SMILES string of the molecule is [2H]C([2H])([2H])c1cc(-n2c(-c3cc(C)cc(C)c3O)nc3c(-c4cc(-c5cc(-c6ccc(C(C)(C)C)cc6)ccn5)cc(C(C)(C)C)c4)cccc32)c(-c2ccc(C(C)(C)C)cc2)cc1-c1ccccc1. The van der Waals surface area contributed by atoms with Crippen LogP contribution in [0.3, 0.4) is 0 Å². The molecule has 4 nitrogen and oxygen atoms in total. The van der Waals surface area contributed by atoms with E-state index in [0.29, 0.717) is 28.2 Å². The lowest BCUT2D eigenvalue weighted by atomic mass is 9.83. The van der Waals surface area contributed by atoms with Crippen molar-refractivity contribution in [2.75, 3.05) is 0 Å². The highest BCUT2D eigenvalue weighted by molar-refractivity contribution is 5.98. The first-order chi connectivity index (χ1) is 33.0. The number of imidazole rings is 1. The third-order valence-electron chi connectivity index (χ3n) is 13.1. The average Bonchev–Trinajstić information content (AvgIpc) is 3.71. The largest absolute Gasteiger partial charge is 0.507 e. The number of phenolic OH excluding ortho intramolecular Hbond substituents is 1. The maximum absolute atomic E-state index is 12.0. The number of hydrogen-bond donors (Lipinski definition) is 1. The molecule has 4 heteroatoms. The molecule has 2 heterocycles. The van der Waals surface area contributed by atoms with Crippen LogP contribution in [0.1, 0.15) is 99.8 Å². The zero-order chi connectivity index (χ0) is 50.1. The monoisotopic (exact) mass is 881 g/mol. The van der Waals surface area contributed by atoms with Gasteiger partial charge in [0.1, 0.15) is 11.6 Å². The van der Waals surface area contributed by atoms with Crippen LogP contribution in [-0.2, 0) is 16.2 Å². The quantitative estimate of drug-likeness (QED) is 0.173. The summed E-state index contributed by atoms with van der Waals surface area (Å²) in [4.78, 5) is 10.5. The number of aryl methyl sites for hydroxylation is 3. The number of pyridine rings is 1. The van der Waals surface area contributed by atoms with Crippen molar-refractivity contribution in [1.29, 1.82) is 0 Å². The van der Waals surface area contributed by atoms with Crippen molar-refractivity contribution in [3.63, 3.8) is 0 Å². The second-order valence-corrected chi connectivity index (χ2v) is 21.3. The standard InChI is InChI=1S/C63H63N3O/c1-39-31-41(3)59(67)54(32-39)60-65-58-51(46-34-47(36-50(35-46)63(10,11)12)55-37-45(29-30-64-55)42-21-25-48(26-22-42)61(4,5)6)19-16-20-56(58)66(60)57-33-40(2)52(43-17-14-13-15-18-43)38-53(57)44-23-27-49(28-24-44)62(7,8)9/h13-38,67H,1-12H3/i2D3. The molecular formula is C63H63N3O. The Labute approximate surface area is 402 Å². The van der Waals surface area contributed by atoms with E-state index in [2.05, 4.69) is 152 Å². The van der Waals surface area contributed by atoms with Crippen molar-refractivity contribution >= 4 is 11.0 Å². The lowest BCUT2D eigenvalue weighted by molar-refractivity contribution is 0.472. The number of rotatable bonds is 7.